The summed E-state index contributed by atoms with van der Waals surface area (Å²) in [6.45, 7) is 9.13. The summed E-state index contributed by atoms with van der Waals surface area (Å²) in [5.41, 5.74) is 7.31. The zero-order valence-corrected chi connectivity index (χ0v) is 16.5. The molecule has 0 saturated heterocycles. The molecule has 0 aliphatic heterocycles. The second-order valence-corrected chi connectivity index (χ2v) is 7.17. The van der Waals surface area contributed by atoms with Crippen LogP contribution < -0.4 is 10.1 Å². The highest BCUT2D eigenvalue weighted by atomic mass is 16.5. The van der Waals surface area contributed by atoms with E-state index >= 15 is 0 Å². The highest BCUT2D eigenvalue weighted by Crippen LogP contribution is 2.30. The maximum Gasteiger partial charge on any atom is 0.127 e. The maximum atomic E-state index is 10.3. The largest absolute Gasteiger partial charge is 0.507 e. The molecular weight excluding hydrogens is 334 g/mol. The van der Waals surface area contributed by atoms with Crippen LogP contribution in [-0.2, 0) is 13.2 Å². The van der Waals surface area contributed by atoms with E-state index in [1.165, 1.54) is 5.56 Å². The molecule has 3 aromatic rings. The molecule has 3 aromatic carbocycles. The van der Waals surface area contributed by atoms with E-state index in [4.69, 9.17) is 4.74 Å². The van der Waals surface area contributed by atoms with Crippen molar-refractivity contribution in [2.45, 2.75) is 40.8 Å². The van der Waals surface area contributed by atoms with Gasteiger partial charge in [-0.15, -0.1) is 0 Å². The quantitative estimate of drug-likeness (QED) is 0.581. The Morgan fingerprint density at radius 2 is 1.44 bits per heavy atom. The predicted octanol–water partition coefficient (Wildman–Crippen LogP) is 5.82. The fourth-order valence-electron chi connectivity index (χ4n) is 3.44. The molecule has 0 radical (unpaired) electrons. The van der Waals surface area contributed by atoms with Crippen molar-refractivity contribution >= 4 is 5.69 Å². The summed E-state index contributed by atoms with van der Waals surface area (Å²) in [7, 11) is 0. The van der Waals surface area contributed by atoms with Crippen LogP contribution >= 0.6 is 0 Å². The third kappa shape index (κ3) is 4.62. The maximum absolute atomic E-state index is 10.3. The van der Waals surface area contributed by atoms with Crippen LogP contribution in [0.2, 0.25) is 0 Å². The third-order valence-corrected chi connectivity index (χ3v) is 4.65. The Balaban J connectivity index is 1.82. The van der Waals surface area contributed by atoms with Gasteiger partial charge in [-0.05, 0) is 57.0 Å². The Labute approximate surface area is 161 Å². The molecule has 0 amide bonds. The normalized spacial score (nSPS) is 10.7. The Morgan fingerprint density at radius 3 is 2.15 bits per heavy atom. The first-order valence-electron chi connectivity index (χ1n) is 9.25. The topological polar surface area (TPSA) is 41.5 Å². The predicted molar refractivity (Wildman–Crippen MR) is 112 cm³/mol. The molecule has 0 bridgehead atoms. The molecule has 3 rings (SSSR count). The van der Waals surface area contributed by atoms with Gasteiger partial charge in [0.2, 0.25) is 0 Å². The van der Waals surface area contributed by atoms with Gasteiger partial charge in [0.05, 0.1) is 0 Å². The summed E-state index contributed by atoms with van der Waals surface area (Å²) in [5.74, 6) is 1.19. The van der Waals surface area contributed by atoms with E-state index in [2.05, 4.69) is 43.4 Å². The van der Waals surface area contributed by atoms with Gasteiger partial charge in [0.15, 0.2) is 0 Å². The first-order valence-corrected chi connectivity index (χ1v) is 9.25. The summed E-state index contributed by atoms with van der Waals surface area (Å²) in [6, 6.07) is 18.4. The minimum atomic E-state index is 0.314. The van der Waals surface area contributed by atoms with Crippen molar-refractivity contribution in [3.8, 4) is 11.5 Å². The third-order valence-electron chi connectivity index (χ3n) is 4.65. The van der Waals surface area contributed by atoms with Gasteiger partial charge >= 0.3 is 0 Å². The monoisotopic (exact) mass is 361 g/mol. The Morgan fingerprint density at radius 1 is 0.815 bits per heavy atom. The van der Waals surface area contributed by atoms with Gasteiger partial charge in [0.25, 0.3) is 0 Å². The van der Waals surface area contributed by atoms with E-state index in [0.29, 0.717) is 18.9 Å². The van der Waals surface area contributed by atoms with Crippen LogP contribution in [0, 0.1) is 27.7 Å². The minimum Gasteiger partial charge on any atom is -0.507 e. The molecule has 0 fully saturated rings. The summed E-state index contributed by atoms with van der Waals surface area (Å²) in [6.07, 6.45) is 0. The van der Waals surface area contributed by atoms with Crippen molar-refractivity contribution in [3.05, 3.63) is 88.0 Å². The van der Waals surface area contributed by atoms with E-state index in [0.717, 1.165) is 39.3 Å². The van der Waals surface area contributed by atoms with Gasteiger partial charge < -0.3 is 15.2 Å². The number of ether oxygens (including phenoxy) is 1. The number of rotatable bonds is 6. The molecule has 0 aliphatic rings. The molecule has 0 unspecified atom stereocenters. The molecule has 0 aromatic heterocycles. The van der Waals surface area contributed by atoms with E-state index < -0.39 is 0 Å². The average molecular weight is 361 g/mol. The summed E-state index contributed by atoms with van der Waals surface area (Å²) < 4.78 is 6.19. The number of phenolic OH excluding ortho intramolecular Hbond substituents is 1. The highest BCUT2D eigenvalue weighted by molar-refractivity contribution is 5.49. The number of phenols is 1. The zero-order chi connectivity index (χ0) is 19.4. The number of aromatic hydroxyl groups is 1. The zero-order valence-electron chi connectivity index (χ0n) is 16.5. The van der Waals surface area contributed by atoms with Crippen molar-refractivity contribution in [3.63, 3.8) is 0 Å². The molecule has 0 spiro atoms. The first-order chi connectivity index (χ1) is 12.9. The second kappa shape index (κ2) is 8.17. The lowest BCUT2D eigenvalue weighted by Crippen LogP contribution is -2.06. The van der Waals surface area contributed by atoms with Gasteiger partial charge in [-0.2, -0.15) is 0 Å². The lowest BCUT2D eigenvalue weighted by molar-refractivity contribution is 0.294. The van der Waals surface area contributed by atoms with Gasteiger partial charge in [-0.3, -0.25) is 0 Å². The number of hydrogen-bond donors (Lipinski definition) is 2. The number of hydrogen-bond acceptors (Lipinski definition) is 3. The van der Waals surface area contributed by atoms with E-state index in [-0.39, 0.29) is 0 Å². The molecule has 140 valence electrons. The Bertz CT molecular complexity index is 933. The lowest BCUT2D eigenvalue weighted by Gasteiger charge is -2.17. The molecule has 2 N–H and O–H groups in total. The Hall–Kier alpha value is -2.94. The smallest absolute Gasteiger partial charge is 0.127 e. The van der Waals surface area contributed by atoms with Gasteiger partial charge in [-0.1, -0.05) is 47.5 Å². The van der Waals surface area contributed by atoms with E-state index in [9.17, 15) is 5.11 Å². The number of aryl methyl sites for hydroxylation is 4. The van der Waals surface area contributed by atoms with Crippen LogP contribution in [-0.4, -0.2) is 5.11 Å². The summed E-state index contributed by atoms with van der Waals surface area (Å²) in [4.78, 5) is 0. The molecule has 27 heavy (non-hydrogen) atoms. The number of nitrogens with one attached hydrogen (secondary N) is 1. The average Bonchev–Trinajstić information content (AvgIpc) is 2.63. The Kier molecular flexibility index (Phi) is 5.70. The summed E-state index contributed by atoms with van der Waals surface area (Å²) >= 11 is 0. The number of benzene rings is 3. The molecular formula is C24H27NO2. The van der Waals surface area contributed by atoms with Gasteiger partial charge in [-0.25, -0.2) is 0 Å². The number of para-hydroxylation sites is 1. The van der Waals surface area contributed by atoms with Gasteiger partial charge in [0, 0.05) is 23.4 Å². The SMILES string of the molecule is Cc1cc(C)c(O)c(COc2c(C)cc(C)cc2CNc2ccccc2)c1. The van der Waals surface area contributed by atoms with Crippen molar-refractivity contribution in [2.75, 3.05) is 5.32 Å². The van der Waals surface area contributed by atoms with Crippen LogP contribution in [0.3, 0.4) is 0 Å². The lowest BCUT2D eigenvalue weighted by atomic mass is 10.0. The molecule has 3 nitrogen and oxygen atoms in total. The molecule has 0 heterocycles. The van der Waals surface area contributed by atoms with Crippen LogP contribution in [0.4, 0.5) is 5.69 Å². The van der Waals surface area contributed by atoms with E-state index in [1.807, 2.05) is 44.2 Å². The fourth-order valence-corrected chi connectivity index (χ4v) is 3.44. The standard InChI is InChI=1S/C24H27NO2/c1-16-10-18(3)23(26)21(13-16)15-27-24-19(4)11-17(2)12-20(24)14-25-22-8-6-5-7-9-22/h5-13,25-26H,14-15H2,1-4H3. The van der Waals surface area contributed by atoms with E-state index in [1.54, 1.807) is 0 Å². The van der Waals surface area contributed by atoms with Gasteiger partial charge in [0.1, 0.15) is 18.1 Å². The first kappa shape index (κ1) is 18.8. The summed E-state index contributed by atoms with van der Waals surface area (Å²) in [5, 5.41) is 13.8. The van der Waals surface area contributed by atoms with Crippen LogP contribution in [0.5, 0.6) is 11.5 Å². The van der Waals surface area contributed by atoms with Crippen LogP contribution in [0.15, 0.2) is 54.6 Å². The fraction of sp³-hybridized carbons (Fsp3) is 0.250. The van der Waals surface area contributed by atoms with Crippen LogP contribution in [0.25, 0.3) is 0 Å². The van der Waals surface area contributed by atoms with Crippen molar-refractivity contribution in [2.24, 2.45) is 0 Å². The van der Waals surface area contributed by atoms with Crippen molar-refractivity contribution < 1.29 is 9.84 Å². The molecule has 0 saturated carbocycles. The van der Waals surface area contributed by atoms with Crippen molar-refractivity contribution in [1.82, 2.24) is 0 Å². The molecule has 0 atom stereocenters. The second-order valence-electron chi connectivity index (χ2n) is 7.17. The minimum absolute atomic E-state index is 0.314. The van der Waals surface area contributed by atoms with Crippen LogP contribution in [0.1, 0.15) is 33.4 Å². The highest BCUT2D eigenvalue weighted by Gasteiger charge is 2.12. The van der Waals surface area contributed by atoms with Crippen molar-refractivity contribution in [1.29, 1.82) is 0 Å². The molecule has 3 heteroatoms. The number of anilines is 1. The molecule has 0 aliphatic carbocycles.